The first-order valence-corrected chi connectivity index (χ1v) is 13.4. The second kappa shape index (κ2) is 7.96. The molecule has 86 valence electrons. The molecule has 0 saturated carbocycles. The van der Waals surface area contributed by atoms with Gasteiger partial charge in [0.25, 0.3) is 0 Å². The Kier molecular flexibility index (Phi) is 8.38. The molecule has 1 unspecified atom stereocenters. The fraction of sp³-hybridized carbons (Fsp3) is 1.00. The van der Waals surface area contributed by atoms with E-state index in [4.69, 9.17) is 4.43 Å². The van der Waals surface area contributed by atoms with Crippen molar-refractivity contribution in [3.05, 3.63) is 0 Å². The van der Waals surface area contributed by atoms with Gasteiger partial charge in [0.1, 0.15) is 7.22 Å². The Morgan fingerprint density at radius 1 is 1.29 bits per heavy atom. The van der Waals surface area contributed by atoms with Crippen molar-refractivity contribution in [2.45, 2.75) is 52.0 Å². The van der Waals surface area contributed by atoms with Crippen LogP contribution in [0.3, 0.4) is 0 Å². The summed E-state index contributed by atoms with van der Waals surface area (Å²) in [7, 11) is -1.67. The quantitative estimate of drug-likeness (QED) is 0.480. The molecule has 0 heterocycles. The van der Waals surface area contributed by atoms with E-state index < -0.39 is 16.3 Å². The van der Waals surface area contributed by atoms with Gasteiger partial charge in [-0.2, -0.15) is 11.2 Å². The molecule has 0 aliphatic heterocycles. The summed E-state index contributed by atoms with van der Waals surface area (Å²) in [5.74, 6) is 1.35. The zero-order chi connectivity index (χ0) is 11.0. The van der Waals surface area contributed by atoms with Crippen LogP contribution in [0.15, 0.2) is 0 Å². The molecule has 0 spiro atoms. The first kappa shape index (κ1) is 14.7. The molecule has 0 bridgehead atoms. The van der Waals surface area contributed by atoms with Crippen molar-refractivity contribution < 1.29 is 4.43 Å². The smallest absolute Gasteiger partial charge is 0.173 e. The maximum Gasteiger partial charge on any atom is 0.173 e. The fourth-order valence-corrected chi connectivity index (χ4v) is 6.22. The predicted octanol–water partition coefficient (Wildman–Crippen LogP) is 3.72. The molecule has 0 N–H and O–H groups in total. The van der Waals surface area contributed by atoms with Crippen molar-refractivity contribution in [3.63, 3.8) is 0 Å². The summed E-state index contributed by atoms with van der Waals surface area (Å²) in [5.41, 5.74) is 0. The summed E-state index contributed by atoms with van der Waals surface area (Å²) in [5, 5.41) is 0. The van der Waals surface area contributed by atoms with E-state index in [1.807, 2.05) is 0 Å². The second-order valence-corrected chi connectivity index (χ2v) is 16.8. The normalized spacial score (nSPS) is 14.4. The molecule has 0 aromatic heterocycles. The van der Waals surface area contributed by atoms with Gasteiger partial charge in [0, 0.05) is 6.61 Å². The fourth-order valence-electron chi connectivity index (χ4n) is 1.15. The Balaban J connectivity index is 3.27. The maximum atomic E-state index is 5.76. The highest BCUT2D eigenvalue weighted by Gasteiger charge is 2.13. The highest BCUT2D eigenvalue weighted by Crippen LogP contribution is 2.20. The molecule has 1 nitrogen and oxygen atoms in total. The van der Waals surface area contributed by atoms with Crippen molar-refractivity contribution in [2.24, 2.45) is 0 Å². The lowest BCUT2D eigenvalue weighted by Crippen LogP contribution is -2.17. The van der Waals surface area contributed by atoms with Gasteiger partial charge < -0.3 is 4.43 Å². The molecule has 0 amide bonds. The van der Waals surface area contributed by atoms with Gasteiger partial charge >= 0.3 is 0 Å². The van der Waals surface area contributed by atoms with Crippen LogP contribution < -0.4 is 0 Å². The molecule has 4 heteroatoms. The van der Waals surface area contributed by atoms with E-state index in [-0.39, 0.29) is 0 Å². The first-order chi connectivity index (χ1) is 6.45. The summed E-state index contributed by atoms with van der Waals surface area (Å²) in [6.45, 7) is 12.8. The van der Waals surface area contributed by atoms with E-state index in [9.17, 15) is 0 Å². The lowest BCUT2D eigenvalue weighted by molar-refractivity contribution is 0.321. The minimum Gasteiger partial charge on any atom is -0.420 e. The van der Waals surface area contributed by atoms with Crippen LogP contribution in [-0.2, 0) is 4.43 Å². The van der Waals surface area contributed by atoms with Crippen LogP contribution in [0, 0.1) is 0 Å². The monoisotopic (exact) mass is 250 g/mol. The van der Waals surface area contributed by atoms with Crippen molar-refractivity contribution in [1.29, 1.82) is 0 Å². The van der Waals surface area contributed by atoms with Crippen LogP contribution in [0.1, 0.15) is 19.8 Å². The largest absolute Gasteiger partial charge is 0.420 e. The minimum atomic E-state index is -0.863. The third-order valence-corrected chi connectivity index (χ3v) is 8.49. The molecule has 0 rings (SSSR count). The van der Waals surface area contributed by atoms with E-state index in [1.54, 1.807) is 0 Å². The van der Waals surface area contributed by atoms with Crippen molar-refractivity contribution in [3.8, 4) is 0 Å². The summed E-state index contributed by atoms with van der Waals surface area (Å²) in [4.78, 5) is 0. The van der Waals surface area contributed by atoms with Gasteiger partial charge in [0.05, 0.1) is 0 Å². The number of rotatable bonds is 8. The van der Waals surface area contributed by atoms with Gasteiger partial charge in [0.15, 0.2) is 9.04 Å². The summed E-state index contributed by atoms with van der Waals surface area (Å²) in [6, 6.07) is 1.36. The van der Waals surface area contributed by atoms with Crippen LogP contribution in [0.5, 0.6) is 0 Å². The number of hydrogen-bond donors (Lipinski definition) is 0. The Hall–Kier alpha value is 0.744. The van der Waals surface area contributed by atoms with E-state index in [1.165, 1.54) is 24.6 Å². The van der Waals surface area contributed by atoms with Gasteiger partial charge in [-0.3, -0.25) is 0 Å². The van der Waals surface area contributed by atoms with Crippen LogP contribution in [0.25, 0.3) is 0 Å². The molecule has 0 aromatic carbocycles. The Morgan fingerprint density at radius 3 is 2.43 bits per heavy atom. The molecule has 0 aliphatic carbocycles. The van der Waals surface area contributed by atoms with Crippen LogP contribution in [0.2, 0.25) is 32.2 Å². The standard InChI is InChI=1S/C10H26OSSi2/c1-6-8-11-13(2)10-7-9-12-14(3,4)5/h13H,6-10H2,1-5H3. The first-order valence-electron chi connectivity index (χ1n) is 5.71. The van der Waals surface area contributed by atoms with Crippen molar-refractivity contribution in [1.82, 2.24) is 0 Å². The van der Waals surface area contributed by atoms with Crippen LogP contribution in [0.4, 0.5) is 0 Å². The third kappa shape index (κ3) is 10.8. The Labute approximate surface area is 96.4 Å². The summed E-state index contributed by atoms with van der Waals surface area (Å²) >= 11 is 2.20. The van der Waals surface area contributed by atoms with Crippen molar-refractivity contribution in [2.75, 3.05) is 12.4 Å². The minimum absolute atomic E-state index is 0.803. The zero-order valence-corrected chi connectivity index (χ0v) is 13.4. The average Bonchev–Trinajstić information content (AvgIpc) is 2.07. The Bertz CT molecular complexity index is 137. The molecule has 0 aromatic rings. The SMILES string of the molecule is CCCO[SiH](C)CCCS[Si](C)(C)C. The molecule has 0 saturated heterocycles. The highest BCUT2D eigenvalue weighted by atomic mass is 32.4. The van der Waals surface area contributed by atoms with Crippen LogP contribution >= 0.6 is 11.2 Å². The number of hydrogen-bond acceptors (Lipinski definition) is 2. The zero-order valence-electron chi connectivity index (χ0n) is 10.4. The summed E-state index contributed by atoms with van der Waals surface area (Å²) in [6.07, 6.45) is 2.53. The van der Waals surface area contributed by atoms with E-state index >= 15 is 0 Å². The second-order valence-electron chi connectivity index (χ2n) is 4.78. The average molecular weight is 251 g/mol. The molecular weight excluding hydrogens is 224 g/mol. The van der Waals surface area contributed by atoms with Gasteiger partial charge in [-0.1, -0.05) is 26.6 Å². The lowest BCUT2D eigenvalue weighted by atomic mass is 10.5. The summed E-state index contributed by atoms with van der Waals surface area (Å²) < 4.78 is 5.76. The molecule has 1 atom stereocenters. The molecular formula is C10H26OSSi2. The van der Waals surface area contributed by atoms with Gasteiger partial charge in [-0.15, -0.1) is 0 Å². The molecule has 0 aliphatic rings. The van der Waals surface area contributed by atoms with Crippen LogP contribution in [-0.4, -0.2) is 28.6 Å². The van der Waals surface area contributed by atoms with E-state index in [0.717, 1.165) is 6.61 Å². The maximum absolute atomic E-state index is 5.76. The topological polar surface area (TPSA) is 9.23 Å². The molecule has 0 fully saturated rings. The lowest BCUT2D eigenvalue weighted by Gasteiger charge is -2.16. The van der Waals surface area contributed by atoms with Crippen molar-refractivity contribution >= 4 is 27.5 Å². The Morgan fingerprint density at radius 2 is 1.93 bits per heavy atom. The highest BCUT2D eigenvalue weighted by molar-refractivity contribution is 8.28. The van der Waals surface area contributed by atoms with Gasteiger partial charge in [-0.25, -0.2) is 0 Å². The predicted molar refractivity (Wildman–Crippen MR) is 74.5 cm³/mol. The van der Waals surface area contributed by atoms with Gasteiger partial charge in [0.2, 0.25) is 0 Å². The molecule has 14 heavy (non-hydrogen) atoms. The van der Waals surface area contributed by atoms with Gasteiger partial charge in [-0.05, 0) is 31.2 Å². The van der Waals surface area contributed by atoms with E-state index in [0.29, 0.717) is 0 Å². The molecule has 0 radical (unpaired) electrons. The third-order valence-electron chi connectivity index (χ3n) is 1.90. The van der Waals surface area contributed by atoms with E-state index in [2.05, 4.69) is 44.3 Å².